The number of benzene rings is 1. The van der Waals surface area contributed by atoms with Crippen LogP contribution in [0, 0.1) is 0 Å². The fourth-order valence-corrected chi connectivity index (χ4v) is 2.99. The van der Waals surface area contributed by atoms with Crippen molar-refractivity contribution in [1.82, 2.24) is 4.90 Å². The third kappa shape index (κ3) is 3.39. The van der Waals surface area contributed by atoms with Crippen LogP contribution in [0.5, 0.6) is 0 Å². The molecule has 0 bridgehead atoms. The molecule has 19 heavy (non-hydrogen) atoms. The van der Waals surface area contributed by atoms with E-state index in [1.54, 1.807) is 12.1 Å². The number of nitrogens with zero attached hydrogens (tertiary/aromatic N) is 2. The van der Waals surface area contributed by atoms with E-state index in [1.165, 1.54) is 6.26 Å². The second-order valence-corrected chi connectivity index (χ2v) is 7.15. The Bertz CT molecular complexity index is 557. The number of anilines is 2. The van der Waals surface area contributed by atoms with Crippen LogP contribution in [0.25, 0.3) is 0 Å². The molecule has 0 radical (unpaired) electrons. The zero-order chi connectivity index (χ0) is 14.0. The molecule has 1 aromatic carbocycles. The van der Waals surface area contributed by atoms with E-state index in [4.69, 9.17) is 5.73 Å². The van der Waals surface area contributed by atoms with Crippen molar-refractivity contribution >= 4 is 21.2 Å². The molecule has 0 aliphatic carbocycles. The van der Waals surface area contributed by atoms with Gasteiger partial charge >= 0.3 is 0 Å². The Morgan fingerprint density at radius 2 is 1.89 bits per heavy atom. The van der Waals surface area contributed by atoms with Crippen LogP contribution >= 0.6 is 0 Å². The molecule has 2 N–H and O–H groups in total. The monoisotopic (exact) mass is 283 g/mol. The molecule has 6 heteroatoms. The van der Waals surface area contributed by atoms with Crippen molar-refractivity contribution in [2.24, 2.45) is 0 Å². The summed E-state index contributed by atoms with van der Waals surface area (Å²) in [5.41, 5.74) is 7.48. The summed E-state index contributed by atoms with van der Waals surface area (Å²) in [7, 11) is -1.08. The average molecular weight is 283 g/mol. The summed E-state index contributed by atoms with van der Waals surface area (Å²) in [4.78, 5) is 4.80. The van der Waals surface area contributed by atoms with Gasteiger partial charge in [0.05, 0.1) is 16.3 Å². The lowest BCUT2D eigenvalue weighted by Gasteiger charge is -2.24. The normalized spacial score (nSPS) is 18.3. The van der Waals surface area contributed by atoms with Gasteiger partial charge in [-0.3, -0.25) is 0 Å². The van der Waals surface area contributed by atoms with E-state index in [0.29, 0.717) is 5.69 Å². The number of likely N-dealkylation sites (N-methyl/N-ethyl adjacent to an activating group) is 1. The highest BCUT2D eigenvalue weighted by Gasteiger charge is 2.16. The van der Waals surface area contributed by atoms with Crippen molar-refractivity contribution in [2.75, 3.05) is 50.1 Å². The number of hydrogen-bond donors (Lipinski definition) is 1. The van der Waals surface area contributed by atoms with Gasteiger partial charge in [-0.05, 0) is 38.2 Å². The third-order valence-electron chi connectivity index (χ3n) is 3.49. The SMILES string of the molecule is CN1CCCN(c2ccc(S(C)(=O)=O)cc2N)CC1. The predicted molar refractivity (Wildman–Crippen MR) is 78.3 cm³/mol. The number of nitrogens with two attached hydrogens (primary N) is 1. The van der Waals surface area contributed by atoms with Crippen molar-refractivity contribution in [2.45, 2.75) is 11.3 Å². The van der Waals surface area contributed by atoms with Crippen LogP contribution in [0.15, 0.2) is 23.1 Å². The molecule has 0 unspecified atom stereocenters. The zero-order valence-corrected chi connectivity index (χ0v) is 12.3. The van der Waals surface area contributed by atoms with Gasteiger partial charge in [-0.2, -0.15) is 0 Å². The van der Waals surface area contributed by atoms with Crippen LogP contribution in [0.1, 0.15) is 6.42 Å². The number of rotatable bonds is 2. The van der Waals surface area contributed by atoms with E-state index in [1.807, 2.05) is 6.07 Å². The maximum atomic E-state index is 11.5. The topological polar surface area (TPSA) is 66.6 Å². The second kappa shape index (κ2) is 5.38. The van der Waals surface area contributed by atoms with Crippen molar-refractivity contribution in [1.29, 1.82) is 0 Å². The van der Waals surface area contributed by atoms with Gasteiger partial charge in [-0.1, -0.05) is 0 Å². The summed E-state index contributed by atoms with van der Waals surface area (Å²) in [6, 6.07) is 5.01. The fraction of sp³-hybridized carbons (Fsp3) is 0.538. The molecule has 1 fully saturated rings. The second-order valence-electron chi connectivity index (χ2n) is 5.14. The molecule has 0 amide bonds. The predicted octanol–water partition coefficient (Wildman–Crippen LogP) is 0.814. The maximum absolute atomic E-state index is 11.5. The molecule has 1 saturated heterocycles. The highest BCUT2D eigenvalue weighted by atomic mass is 32.2. The standard InChI is InChI=1S/C13H21N3O2S/c1-15-6-3-7-16(9-8-15)13-5-4-11(10-12(13)14)19(2,17)18/h4-5,10H,3,6-9,14H2,1-2H3. The molecule has 0 saturated carbocycles. The van der Waals surface area contributed by atoms with Gasteiger partial charge < -0.3 is 15.5 Å². The number of nitrogen functional groups attached to an aromatic ring is 1. The van der Waals surface area contributed by atoms with Gasteiger partial charge in [-0.25, -0.2) is 8.42 Å². The first kappa shape index (κ1) is 14.1. The summed E-state index contributed by atoms with van der Waals surface area (Å²) < 4.78 is 23.0. The van der Waals surface area contributed by atoms with Gasteiger partial charge in [0, 0.05) is 25.9 Å². The first-order chi connectivity index (χ1) is 8.88. The van der Waals surface area contributed by atoms with Gasteiger partial charge in [0.15, 0.2) is 9.84 Å². The molecule has 106 valence electrons. The van der Waals surface area contributed by atoms with Crippen LogP contribution in [-0.4, -0.2) is 52.8 Å². The molecular formula is C13H21N3O2S. The Morgan fingerprint density at radius 1 is 1.16 bits per heavy atom. The lowest BCUT2D eigenvalue weighted by Crippen LogP contribution is -2.29. The molecular weight excluding hydrogens is 262 g/mol. The maximum Gasteiger partial charge on any atom is 0.175 e. The zero-order valence-electron chi connectivity index (χ0n) is 11.5. The van der Waals surface area contributed by atoms with Crippen LogP contribution in [0.2, 0.25) is 0 Å². The molecule has 0 atom stereocenters. The molecule has 0 spiro atoms. The molecule has 2 rings (SSSR count). The van der Waals surface area contributed by atoms with Gasteiger partial charge in [-0.15, -0.1) is 0 Å². The van der Waals surface area contributed by atoms with Crippen molar-refractivity contribution < 1.29 is 8.42 Å². The Balaban J connectivity index is 2.26. The van der Waals surface area contributed by atoms with Crippen LogP contribution in [-0.2, 0) is 9.84 Å². The van der Waals surface area contributed by atoms with E-state index >= 15 is 0 Å². The fourth-order valence-electron chi connectivity index (χ4n) is 2.34. The van der Waals surface area contributed by atoms with Gasteiger partial charge in [0.1, 0.15) is 0 Å². The summed E-state index contributed by atoms with van der Waals surface area (Å²) in [6.45, 7) is 3.94. The third-order valence-corrected chi connectivity index (χ3v) is 4.60. The van der Waals surface area contributed by atoms with Crippen molar-refractivity contribution in [3.05, 3.63) is 18.2 Å². The van der Waals surface area contributed by atoms with E-state index < -0.39 is 9.84 Å². The lowest BCUT2D eigenvalue weighted by molar-refractivity contribution is 0.360. The minimum Gasteiger partial charge on any atom is -0.397 e. The summed E-state index contributed by atoms with van der Waals surface area (Å²) in [5, 5.41) is 0. The minimum absolute atomic E-state index is 0.278. The molecule has 1 aliphatic rings. The molecule has 1 aliphatic heterocycles. The Kier molecular flexibility index (Phi) is 4.01. The lowest BCUT2D eigenvalue weighted by atomic mass is 10.2. The van der Waals surface area contributed by atoms with Crippen LogP contribution < -0.4 is 10.6 Å². The number of sulfone groups is 1. The highest BCUT2D eigenvalue weighted by Crippen LogP contribution is 2.27. The van der Waals surface area contributed by atoms with E-state index in [0.717, 1.165) is 38.3 Å². The van der Waals surface area contributed by atoms with Crippen LogP contribution in [0.3, 0.4) is 0 Å². The molecule has 1 heterocycles. The van der Waals surface area contributed by atoms with E-state index in [2.05, 4.69) is 16.8 Å². The molecule has 0 aromatic heterocycles. The van der Waals surface area contributed by atoms with Gasteiger partial charge in [0.2, 0.25) is 0 Å². The molecule has 5 nitrogen and oxygen atoms in total. The average Bonchev–Trinajstić information content (AvgIpc) is 2.53. The van der Waals surface area contributed by atoms with Crippen LogP contribution in [0.4, 0.5) is 11.4 Å². The first-order valence-corrected chi connectivity index (χ1v) is 8.30. The molecule has 1 aromatic rings. The van der Waals surface area contributed by atoms with E-state index in [9.17, 15) is 8.42 Å². The Labute approximate surface area is 114 Å². The van der Waals surface area contributed by atoms with Gasteiger partial charge in [0.25, 0.3) is 0 Å². The summed E-state index contributed by atoms with van der Waals surface area (Å²) in [5.74, 6) is 0. The first-order valence-electron chi connectivity index (χ1n) is 6.41. The smallest absolute Gasteiger partial charge is 0.175 e. The van der Waals surface area contributed by atoms with Crippen molar-refractivity contribution in [3.63, 3.8) is 0 Å². The van der Waals surface area contributed by atoms with E-state index in [-0.39, 0.29) is 4.90 Å². The van der Waals surface area contributed by atoms with Crippen molar-refractivity contribution in [3.8, 4) is 0 Å². The Hall–Kier alpha value is -1.27. The quantitative estimate of drug-likeness (QED) is 0.814. The summed E-state index contributed by atoms with van der Waals surface area (Å²) in [6.07, 6.45) is 2.28. The minimum atomic E-state index is -3.20. The number of hydrogen-bond acceptors (Lipinski definition) is 5. The summed E-state index contributed by atoms with van der Waals surface area (Å²) >= 11 is 0. The highest BCUT2D eigenvalue weighted by molar-refractivity contribution is 7.90. The largest absolute Gasteiger partial charge is 0.397 e. The Morgan fingerprint density at radius 3 is 2.53 bits per heavy atom.